The van der Waals surface area contributed by atoms with Gasteiger partial charge in [-0.25, -0.2) is 4.79 Å². The molecule has 1 aliphatic carbocycles. The molecular formula is C25H35BrN4O. The van der Waals surface area contributed by atoms with E-state index in [-0.39, 0.29) is 12.1 Å². The summed E-state index contributed by atoms with van der Waals surface area (Å²) in [5, 5.41) is 4.72. The predicted molar refractivity (Wildman–Crippen MR) is 133 cm³/mol. The number of nitrogens with one attached hydrogen (secondary N) is 2. The van der Waals surface area contributed by atoms with Gasteiger partial charge in [0, 0.05) is 48.5 Å². The monoisotopic (exact) mass is 486 g/mol. The maximum atomic E-state index is 12.8. The Bertz CT molecular complexity index is 993. The largest absolute Gasteiger partial charge is 0.349 e. The van der Waals surface area contributed by atoms with E-state index in [1.807, 2.05) is 18.7 Å². The van der Waals surface area contributed by atoms with Crippen LogP contribution in [0.2, 0.25) is 0 Å². The molecule has 2 amide bonds. The molecule has 1 fully saturated rings. The molecule has 2 heterocycles. The SMILES string of the molecule is C=C(C)c1cc2c3c(c(Br)[nH]c3c1)C[C@@H]1C2C[C@H](NC(=O)N(CC)CC)CN1CCC. The van der Waals surface area contributed by atoms with E-state index < -0.39 is 0 Å². The molecule has 168 valence electrons. The first-order valence-electron chi connectivity index (χ1n) is 11.7. The van der Waals surface area contributed by atoms with E-state index in [9.17, 15) is 4.79 Å². The first-order valence-corrected chi connectivity index (χ1v) is 12.5. The molecule has 31 heavy (non-hydrogen) atoms. The minimum atomic E-state index is 0.0617. The number of carbonyl (C=O) groups excluding carboxylic acids is 1. The summed E-state index contributed by atoms with van der Waals surface area (Å²) in [7, 11) is 0. The third-order valence-electron chi connectivity index (χ3n) is 7.10. The molecule has 1 unspecified atom stereocenters. The van der Waals surface area contributed by atoms with Crippen LogP contribution in [0.3, 0.4) is 0 Å². The third-order valence-corrected chi connectivity index (χ3v) is 7.78. The van der Waals surface area contributed by atoms with Crippen molar-refractivity contribution in [2.75, 3.05) is 26.2 Å². The summed E-state index contributed by atoms with van der Waals surface area (Å²) in [4.78, 5) is 20.9. The molecular weight excluding hydrogens is 452 g/mol. The van der Waals surface area contributed by atoms with Crippen molar-refractivity contribution in [3.63, 3.8) is 0 Å². The van der Waals surface area contributed by atoms with Gasteiger partial charge in [0.1, 0.15) is 0 Å². The topological polar surface area (TPSA) is 51.4 Å². The summed E-state index contributed by atoms with van der Waals surface area (Å²) >= 11 is 3.79. The van der Waals surface area contributed by atoms with Crippen LogP contribution in [0.15, 0.2) is 23.3 Å². The highest BCUT2D eigenvalue weighted by molar-refractivity contribution is 9.10. The molecule has 3 atom stereocenters. The lowest BCUT2D eigenvalue weighted by molar-refractivity contribution is 0.0978. The van der Waals surface area contributed by atoms with Gasteiger partial charge in [-0.3, -0.25) is 4.90 Å². The Morgan fingerprint density at radius 3 is 2.71 bits per heavy atom. The van der Waals surface area contributed by atoms with Gasteiger partial charge in [-0.15, -0.1) is 0 Å². The van der Waals surface area contributed by atoms with E-state index in [2.05, 4.69) is 63.7 Å². The fourth-order valence-electron chi connectivity index (χ4n) is 5.59. The second kappa shape index (κ2) is 8.99. The molecule has 6 heteroatoms. The Kier molecular flexibility index (Phi) is 6.50. The Morgan fingerprint density at radius 1 is 1.32 bits per heavy atom. The van der Waals surface area contributed by atoms with Gasteiger partial charge in [0.2, 0.25) is 0 Å². The molecule has 1 aromatic heterocycles. The fraction of sp³-hybridized carbons (Fsp3) is 0.560. The molecule has 5 nitrogen and oxygen atoms in total. The number of piperidine rings is 1. The minimum absolute atomic E-state index is 0.0617. The van der Waals surface area contributed by atoms with Gasteiger partial charge >= 0.3 is 6.03 Å². The van der Waals surface area contributed by atoms with Gasteiger partial charge in [-0.05, 0) is 85.3 Å². The van der Waals surface area contributed by atoms with Crippen LogP contribution in [0.25, 0.3) is 16.5 Å². The highest BCUT2D eigenvalue weighted by Crippen LogP contribution is 2.46. The van der Waals surface area contributed by atoms with E-state index in [1.54, 1.807) is 0 Å². The van der Waals surface area contributed by atoms with Crippen molar-refractivity contribution in [1.82, 2.24) is 20.1 Å². The van der Waals surface area contributed by atoms with Gasteiger partial charge in [0.05, 0.1) is 4.60 Å². The summed E-state index contributed by atoms with van der Waals surface area (Å²) in [6.07, 6.45) is 3.14. The lowest BCUT2D eigenvalue weighted by Crippen LogP contribution is -2.57. The van der Waals surface area contributed by atoms with Crippen molar-refractivity contribution in [2.24, 2.45) is 0 Å². The summed E-state index contributed by atoms with van der Waals surface area (Å²) in [6, 6.07) is 5.26. The normalized spacial score (nSPS) is 22.9. The standard InChI is InChI=1S/C25H35BrN4O/c1-6-9-30-14-17(27-25(31)29(7-2)8-3)12-18-19-10-16(15(4)5)11-21-23(19)20(13-22(18)30)24(26)28-21/h10-11,17-18,22,28H,4,6-9,12-14H2,1-3,5H3,(H,27,31)/t17-,18?,22+/m0/s1. The number of halogens is 1. The maximum Gasteiger partial charge on any atom is 0.317 e. The highest BCUT2D eigenvalue weighted by Gasteiger charge is 2.42. The van der Waals surface area contributed by atoms with Crippen molar-refractivity contribution in [3.8, 4) is 0 Å². The highest BCUT2D eigenvalue weighted by atomic mass is 79.9. The lowest BCUT2D eigenvalue weighted by Gasteiger charge is -2.47. The van der Waals surface area contributed by atoms with Crippen molar-refractivity contribution in [2.45, 2.75) is 65.0 Å². The maximum absolute atomic E-state index is 12.8. The second-order valence-corrected chi connectivity index (χ2v) is 9.91. The number of likely N-dealkylation sites (tertiary alicyclic amines) is 1. The van der Waals surface area contributed by atoms with Crippen LogP contribution >= 0.6 is 15.9 Å². The van der Waals surface area contributed by atoms with Crippen LogP contribution in [-0.2, 0) is 6.42 Å². The van der Waals surface area contributed by atoms with Gasteiger partial charge in [0.15, 0.2) is 0 Å². The van der Waals surface area contributed by atoms with Crippen molar-refractivity contribution in [3.05, 3.63) is 40.0 Å². The van der Waals surface area contributed by atoms with E-state index in [0.29, 0.717) is 12.0 Å². The molecule has 1 aliphatic heterocycles. The quantitative estimate of drug-likeness (QED) is 0.565. The van der Waals surface area contributed by atoms with Crippen LogP contribution in [0, 0.1) is 0 Å². The lowest BCUT2D eigenvalue weighted by atomic mass is 9.73. The number of fused-ring (bicyclic) bond motifs is 2. The van der Waals surface area contributed by atoms with E-state index >= 15 is 0 Å². The van der Waals surface area contributed by atoms with E-state index in [4.69, 9.17) is 0 Å². The summed E-state index contributed by atoms with van der Waals surface area (Å²) < 4.78 is 1.11. The molecule has 0 saturated carbocycles. The Labute approximate surface area is 194 Å². The number of nitrogens with zero attached hydrogens (tertiary/aromatic N) is 2. The smallest absolute Gasteiger partial charge is 0.317 e. The van der Waals surface area contributed by atoms with Gasteiger partial charge in [0.25, 0.3) is 0 Å². The second-order valence-electron chi connectivity index (χ2n) is 9.11. The van der Waals surface area contributed by atoms with Crippen LogP contribution in [0.5, 0.6) is 0 Å². The third kappa shape index (κ3) is 4.05. The van der Waals surface area contributed by atoms with Gasteiger partial charge in [-0.1, -0.05) is 25.1 Å². The van der Waals surface area contributed by atoms with Crippen LogP contribution < -0.4 is 5.32 Å². The van der Waals surface area contributed by atoms with Gasteiger partial charge in [-0.2, -0.15) is 0 Å². The zero-order valence-corrected chi connectivity index (χ0v) is 20.8. The molecule has 2 N–H and O–H groups in total. The first kappa shape index (κ1) is 22.4. The molecule has 2 aromatic rings. The molecule has 1 aromatic carbocycles. The summed E-state index contributed by atoms with van der Waals surface area (Å²) in [5.74, 6) is 0.402. The summed E-state index contributed by atoms with van der Waals surface area (Å²) in [5.41, 5.74) is 6.27. The number of hydrogen-bond donors (Lipinski definition) is 2. The molecule has 4 rings (SSSR count). The Balaban J connectivity index is 1.73. The van der Waals surface area contributed by atoms with E-state index in [1.165, 1.54) is 27.6 Å². The number of hydrogen-bond acceptors (Lipinski definition) is 2. The molecule has 1 saturated heterocycles. The predicted octanol–water partition coefficient (Wildman–Crippen LogP) is 5.51. The number of allylic oxidation sites excluding steroid dienone is 1. The number of amides is 2. The minimum Gasteiger partial charge on any atom is -0.349 e. The van der Waals surface area contributed by atoms with Crippen molar-refractivity contribution >= 4 is 38.4 Å². The van der Waals surface area contributed by atoms with Crippen molar-refractivity contribution < 1.29 is 4.79 Å². The number of carbonyl (C=O) groups is 1. The van der Waals surface area contributed by atoms with Crippen LogP contribution in [-0.4, -0.2) is 59.1 Å². The number of aromatic amines is 1. The Morgan fingerprint density at radius 2 is 2.06 bits per heavy atom. The number of H-pyrrole nitrogens is 1. The number of benzene rings is 1. The molecule has 0 spiro atoms. The summed E-state index contributed by atoms with van der Waals surface area (Å²) in [6.45, 7) is 16.0. The first-order chi connectivity index (χ1) is 14.9. The van der Waals surface area contributed by atoms with E-state index in [0.717, 1.165) is 55.6 Å². The zero-order valence-electron chi connectivity index (χ0n) is 19.2. The number of urea groups is 1. The number of rotatable bonds is 6. The average Bonchev–Trinajstić information content (AvgIpc) is 3.05. The number of aromatic nitrogens is 1. The van der Waals surface area contributed by atoms with Gasteiger partial charge < -0.3 is 15.2 Å². The fourth-order valence-corrected chi connectivity index (χ4v) is 6.16. The molecule has 2 aliphatic rings. The van der Waals surface area contributed by atoms with Crippen LogP contribution in [0.1, 0.15) is 63.1 Å². The molecule has 0 radical (unpaired) electrons. The average molecular weight is 487 g/mol. The zero-order chi connectivity index (χ0) is 22.3. The Hall–Kier alpha value is -1.79. The molecule has 0 bridgehead atoms. The van der Waals surface area contributed by atoms with Crippen molar-refractivity contribution in [1.29, 1.82) is 0 Å². The van der Waals surface area contributed by atoms with Crippen LogP contribution in [0.4, 0.5) is 4.79 Å².